The molecule has 0 aromatic rings. The van der Waals surface area contributed by atoms with E-state index in [0.717, 1.165) is 0 Å². The third-order valence-electron chi connectivity index (χ3n) is 1.21. The third-order valence-corrected chi connectivity index (χ3v) is 6.92. The Bertz CT molecular complexity index is 190. The van der Waals surface area contributed by atoms with Gasteiger partial charge in [0, 0.05) is 14.2 Å². The minimum Gasteiger partial charge on any atom is -0.311 e. The molecule has 3 nitrogen and oxygen atoms in total. The number of rotatable bonds is 3. The minimum atomic E-state index is -2.87. The summed E-state index contributed by atoms with van der Waals surface area (Å²) in [5.41, 5.74) is 0. The second-order valence-electron chi connectivity index (χ2n) is 1.76. The fourth-order valence-corrected chi connectivity index (χ4v) is 5.19. The van der Waals surface area contributed by atoms with Crippen molar-refractivity contribution in [2.24, 2.45) is 0 Å². The normalized spacial score (nSPS) is 19.5. The maximum atomic E-state index is 11.6. The van der Waals surface area contributed by atoms with Gasteiger partial charge < -0.3 is 9.05 Å². The van der Waals surface area contributed by atoms with Gasteiger partial charge in [-0.25, -0.2) is 0 Å². The molecule has 64 valence electrons. The molecule has 0 amide bonds. The van der Waals surface area contributed by atoms with Crippen LogP contribution < -0.4 is 0 Å². The predicted molar refractivity (Wildman–Crippen MR) is 49.7 cm³/mol. The quantitative estimate of drug-likeness (QED) is 0.672. The maximum absolute atomic E-state index is 11.6. The first-order valence-corrected chi connectivity index (χ1v) is 6.40. The summed E-state index contributed by atoms with van der Waals surface area (Å²) in [5.74, 6) is 0. The molecule has 0 atom stereocenters. The molecule has 0 radical (unpaired) electrons. The zero-order valence-electron chi connectivity index (χ0n) is 6.22. The van der Waals surface area contributed by atoms with Crippen LogP contribution in [0.2, 0.25) is 0 Å². The summed E-state index contributed by atoms with van der Waals surface area (Å²) in [6, 6.07) is 0. The molecular weight excluding hydrogens is 203 g/mol. The summed E-state index contributed by atoms with van der Waals surface area (Å²) >= 11 is 2.94. The second-order valence-corrected chi connectivity index (χ2v) is 7.11. The highest BCUT2D eigenvalue weighted by atomic mass is 32.2. The molecule has 0 N–H and O–H groups in total. The van der Waals surface area contributed by atoms with Crippen molar-refractivity contribution >= 4 is 31.1 Å². The van der Waals surface area contributed by atoms with Crippen LogP contribution in [0.25, 0.3) is 0 Å². The highest BCUT2D eigenvalue weighted by molar-refractivity contribution is 8.28. The number of thioether (sulfide) groups is 2. The van der Waals surface area contributed by atoms with Crippen LogP contribution in [0.5, 0.6) is 0 Å². The lowest BCUT2D eigenvalue weighted by Gasteiger charge is -2.17. The smallest absolute Gasteiger partial charge is 0.311 e. The van der Waals surface area contributed by atoms with Gasteiger partial charge in [0.15, 0.2) is 4.32 Å². The molecule has 1 heterocycles. The van der Waals surface area contributed by atoms with Crippen LogP contribution in [0.3, 0.4) is 0 Å². The van der Waals surface area contributed by atoms with E-state index in [2.05, 4.69) is 0 Å². The summed E-state index contributed by atoms with van der Waals surface area (Å²) in [5, 5.41) is 3.78. The first-order valence-electron chi connectivity index (χ1n) is 2.90. The van der Waals surface area contributed by atoms with E-state index in [9.17, 15) is 4.57 Å². The van der Waals surface area contributed by atoms with Crippen molar-refractivity contribution in [1.29, 1.82) is 0 Å². The van der Waals surface area contributed by atoms with Gasteiger partial charge in [-0.2, -0.15) is 0 Å². The Morgan fingerprint density at radius 3 is 2.09 bits per heavy atom. The average Bonchev–Trinajstić information content (AvgIpc) is 2.55. The van der Waals surface area contributed by atoms with E-state index in [1.165, 1.54) is 37.7 Å². The van der Waals surface area contributed by atoms with Crippen molar-refractivity contribution in [1.82, 2.24) is 0 Å². The van der Waals surface area contributed by atoms with Crippen LogP contribution in [0.4, 0.5) is 0 Å². The first-order chi connectivity index (χ1) is 5.23. The lowest BCUT2D eigenvalue weighted by Crippen LogP contribution is -1.98. The molecule has 1 aliphatic rings. The Labute approximate surface area is 74.4 Å². The standard InChI is InChI=1S/C5H9O3PS2/c1-7-9(6,8-2)5-10-3-4-11-5/h3-5H,1-2H3. The summed E-state index contributed by atoms with van der Waals surface area (Å²) in [6.07, 6.45) is 0. The van der Waals surface area contributed by atoms with Crippen LogP contribution in [0, 0.1) is 0 Å². The lowest BCUT2D eigenvalue weighted by atomic mass is 11.3. The molecule has 0 saturated carbocycles. The van der Waals surface area contributed by atoms with E-state index in [1.807, 2.05) is 10.8 Å². The number of hydrogen-bond donors (Lipinski definition) is 0. The Morgan fingerprint density at radius 2 is 1.73 bits per heavy atom. The van der Waals surface area contributed by atoms with Gasteiger partial charge in [-0.3, -0.25) is 4.57 Å². The van der Waals surface area contributed by atoms with E-state index in [4.69, 9.17) is 9.05 Å². The minimum absolute atomic E-state index is 0.127. The van der Waals surface area contributed by atoms with Crippen molar-refractivity contribution in [2.75, 3.05) is 14.2 Å². The fraction of sp³-hybridized carbons (Fsp3) is 0.600. The van der Waals surface area contributed by atoms with E-state index < -0.39 is 7.60 Å². The van der Waals surface area contributed by atoms with Crippen LogP contribution in [-0.4, -0.2) is 18.5 Å². The van der Waals surface area contributed by atoms with Crippen LogP contribution in [-0.2, 0) is 13.6 Å². The van der Waals surface area contributed by atoms with Crippen molar-refractivity contribution < 1.29 is 13.6 Å². The van der Waals surface area contributed by atoms with Gasteiger partial charge in [-0.1, -0.05) is 0 Å². The molecular formula is C5H9O3PS2. The van der Waals surface area contributed by atoms with E-state index in [0.29, 0.717) is 0 Å². The third kappa shape index (κ3) is 2.04. The second kappa shape index (κ2) is 4.01. The van der Waals surface area contributed by atoms with Crippen LogP contribution >= 0.6 is 31.1 Å². The average molecular weight is 212 g/mol. The molecule has 0 aromatic carbocycles. The van der Waals surface area contributed by atoms with Crippen molar-refractivity contribution in [3.63, 3.8) is 0 Å². The predicted octanol–water partition coefficient (Wildman–Crippen LogP) is 2.71. The maximum Gasteiger partial charge on any atom is 0.353 e. The fourth-order valence-electron chi connectivity index (χ4n) is 0.626. The zero-order valence-corrected chi connectivity index (χ0v) is 8.75. The van der Waals surface area contributed by atoms with Crippen LogP contribution in [0.15, 0.2) is 10.8 Å². The van der Waals surface area contributed by atoms with Gasteiger partial charge in [-0.15, -0.1) is 23.5 Å². The first kappa shape index (κ1) is 9.68. The van der Waals surface area contributed by atoms with E-state index >= 15 is 0 Å². The monoisotopic (exact) mass is 212 g/mol. The molecule has 6 heteroatoms. The van der Waals surface area contributed by atoms with Crippen molar-refractivity contribution in [3.8, 4) is 0 Å². The van der Waals surface area contributed by atoms with Gasteiger partial charge >= 0.3 is 7.60 Å². The molecule has 0 unspecified atom stereocenters. The Hall–Kier alpha value is 0.590. The largest absolute Gasteiger partial charge is 0.353 e. The van der Waals surface area contributed by atoms with Gasteiger partial charge in [-0.05, 0) is 10.8 Å². The Morgan fingerprint density at radius 1 is 1.27 bits per heavy atom. The summed E-state index contributed by atoms with van der Waals surface area (Å²) in [7, 11) is -0.0524. The molecule has 0 saturated heterocycles. The Balaban J connectivity index is 2.62. The molecule has 1 rings (SSSR count). The molecule has 0 fully saturated rings. The van der Waals surface area contributed by atoms with Gasteiger partial charge in [0.25, 0.3) is 0 Å². The van der Waals surface area contributed by atoms with Gasteiger partial charge in [0.1, 0.15) is 0 Å². The molecule has 0 bridgehead atoms. The SMILES string of the molecule is COP(=O)(OC)C1SC=CS1. The molecule has 0 aliphatic carbocycles. The van der Waals surface area contributed by atoms with Crippen LogP contribution in [0.1, 0.15) is 0 Å². The Kier molecular flexibility index (Phi) is 3.52. The summed E-state index contributed by atoms with van der Waals surface area (Å²) < 4.78 is 21.1. The highest BCUT2D eigenvalue weighted by Gasteiger charge is 2.35. The zero-order chi connectivity index (χ0) is 8.32. The van der Waals surface area contributed by atoms with E-state index in [-0.39, 0.29) is 4.32 Å². The topological polar surface area (TPSA) is 35.5 Å². The van der Waals surface area contributed by atoms with Gasteiger partial charge in [0.05, 0.1) is 0 Å². The molecule has 11 heavy (non-hydrogen) atoms. The summed E-state index contributed by atoms with van der Waals surface area (Å²) in [4.78, 5) is 0. The highest BCUT2D eigenvalue weighted by Crippen LogP contribution is 2.62. The molecule has 0 spiro atoms. The summed E-state index contributed by atoms with van der Waals surface area (Å²) in [6.45, 7) is 0. The molecule has 1 aliphatic heterocycles. The molecule has 0 aromatic heterocycles. The van der Waals surface area contributed by atoms with E-state index in [1.54, 1.807) is 0 Å². The van der Waals surface area contributed by atoms with Gasteiger partial charge in [0.2, 0.25) is 0 Å². The van der Waals surface area contributed by atoms with Crippen molar-refractivity contribution in [2.45, 2.75) is 4.32 Å². The lowest BCUT2D eigenvalue weighted by molar-refractivity contribution is 0.279. The number of hydrogen-bond acceptors (Lipinski definition) is 5. The van der Waals surface area contributed by atoms with Crippen molar-refractivity contribution in [3.05, 3.63) is 10.8 Å².